The number of aliphatic hydroxyl groups excluding tert-OH is 1. The molecule has 0 aromatic carbocycles. The Balaban J connectivity index is 3.26. The first-order valence-electron chi connectivity index (χ1n) is 5.03. The molecule has 1 N–H and O–H groups in total. The minimum absolute atomic E-state index is 0.304. The molecule has 0 aliphatic rings. The molecular formula is C12H20O. The van der Waals surface area contributed by atoms with Gasteiger partial charge in [-0.2, -0.15) is 0 Å². The van der Waals surface area contributed by atoms with Gasteiger partial charge in [-0.3, -0.25) is 0 Å². The maximum absolute atomic E-state index is 8.52. The van der Waals surface area contributed by atoms with Gasteiger partial charge in [0.25, 0.3) is 0 Å². The van der Waals surface area contributed by atoms with Crippen molar-refractivity contribution in [1.82, 2.24) is 0 Å². The van der Waals surface area contributed by atoms with Crippen LogP contribution in [0.4, 0.5) is 0 Å². The first-order valence-corrected chi connectivity index (χ1v) is 5.03. The van der Waals surface area contributed by atoms with Gasteiger partial charge >= 0.3 is 0 Å². The first-order chi connectivity index (χ1) is 6.41. The van der Waals surface area contributed by atoms with Crippen molar-refractivity contribution >= 4 is 0 Å². The maximum atomic E-state index is 8.52. The van der Waals surface area contributed by atoms with Crippen molar-refractivity contribution in [1.29, 1.82) is 0 Å². The normalized spacial score (nSPS) is 10.0. The van der Waals surface area contributed by atoms with Crippen LogP contribution in [-0.4, -0.2) is 11.7 Å². The molecule has 0 bridgehead atoms. The quantitative estimate of drug-likeness (QED) is 0.362. The van der Waals surface area contributed by atoms with E-state index in [1.54, 1.807) is 0 Å². The van der Waals surface area contributed by atoms with Gasteiger partial charge in [-0.1, -0.05) is 12.2 Å². The summed E-state index contributed by atoms with van der Waals surface area (Å²) in [6.07, 6.45) is 13.5. The van der Waals surface area contributed by atoms with Crippen LogP contribution in [0, 0.1) is 0 Å². The average Bonchev–Trinajstić information content (AvgIpc) is 2.16. The molecule has 0 saturated carbocycles. The highest BCUT2D eigenvalue weighted by Gasteiger charge is 1.80. The van der Waals surface area contributed by atoms with Gasteiger partial charge in [0.2, 0.25) is 0 Å². The summed E-state index contributed by atoms with van der Waals surface area (Å²) in [4.78, 5) is 0. The maximum Gasteiger partial charge on any atom is 0.0431 e. The summed E-state index contributed by atoms with van der Waals surface area (Å²) >= 11 is 0. The highest BCUT2D eigenvalue weighted by atomic mass is 16.2. The summed E-state index contributed by atoms with van der Waals surface area (Å²) in [6.45, 7) is 2.34. The number of unbranched alkanes of at least 4 members (excludes halogenated alkanes) is 3. The summed E-state index contributed by atoms with van der Waals surface area (Å²) in [5.41, 5.74) is 3.14. The van der Waals surface area contributed by atoms with Crippen LogP contribution in [0.3, 0.4) is 0 Å². The Kier molecular flexibility index (Phi) is 10.5. The van der Waals surface area contributed by atoms with Gasteiger partial charge in [-0.15, -0.1) is 5.73 Å². The highest BCUT2D eigenvalue weighted by molar-refractivity contribution is 4.87. The van der Waals surface area contributed by atoms with Crippen molar-refractivity contribution < 1.29 is 5.11 Å². The predicted octanol–water partition coefficient (Wildman–Crippen LogP) is 3.22. The zero-order valence-corrected chi connectivity index (χ0v) is 8.50. The van der Waals surface area contributed by atoms with Crippen LogP contribution in [0.25, 0.3) is 0 Å². The minimum atomic E-state index is 0.304. The first kappa shape index (κ1) is 12.2. The number of aliphatic hydroxyl groups is 1. The summed E-state index contributed by atoms with van der Waals surface area (Å²) < 4.78 is 0. The Morgan fingerprint density at radius 1 is 1.08 bits per heavy atom. The zero-order valence-electron chi connectivity index (χ0n) is 8.50. The molecule has 0 rings (SSSR count). The van der Waals surface area contributed by atoms with Crippen molar-refractivity contribution in [2.24, 2.45) is 0 Å². The van der Waals surface area contributed by atoms with Crippen molar-refractivity contribution in [3.05, 3.63) is 30.0 Å². The molecule has 0 fully saturated rings. The van der Waals surface area contributed by atoms with Crippen LogP contribution in [0.2, 0.25) is 0 Å². The Morgan fingerprint density at radius 3 is 2.54 bits per heavy atom. The predicted molar refractivity (Wildman–Crippen MR) is 57.6 cm³/mol. The van der Waals surface area contributed by atoms with E-state index in [1.807, 2.05) is 13.0 Å². The summed E-state index contributed by atoms with van der Waals surface area (Å²) in [5.74, 6) is 0. The number of hydrogen-bond acceptors (Lipinski definition) is 1. The number of hydrogen-bond donors (Lipinski definition) is 1. The van der Waals surface area contributed by atoms with Crippen molar-refractivity contribution in [2.45, 2.75) is 39.0 Å². The van der Waals surface area contributed by atoms with Crippen molar-refractivity contribution in [3.8, 4) is 0 Å². The van der Waals surface area contributed by atoms with Crippen molar-refractivity contribution in [3.63, 3.8) is 0 Å². The van der Waals surface area contributed by atoms with Gasteiger partial charge in [0.05, 0.1) is 0 Å². The second-order valence-electron chi connectivity index (χ2n) is 2.94. The Bertz CT molecular complexity index is 174. The molecule has 74 valence electrons. The van der Waals surface area contributed by atoms with E-state index in [-0.39, 0.29) is 0 Å². The van der Waals surface area contributed by atoms with Crippen molar-refractivity contribution in [2.75, 3.05) is 6.61 Å². The van der Waals surface area contributed by atoms with Gasteiger partial charge in [-0.05, 0) is 51.2 Å². The van der Waals surface area contributed by atoms with Crippen LogP contribution in [-0.2, 0) is 0 Å². The molecule has 1 heteroatoms. The summed E-state index contributed by atoms with van der Waals surface area (Å²) in [7, 11) is 0. The second-order valence-corrected chi connectivity index (χ2v) is 2.94. The largest absolute Gasteiger partial charge is 0.396 e. The summed E-state index contributed by atoms with van der Waals surface area (Å²) in [5, 5.41) is 8.52. The molecule has 1 nitrogen and oxygen atoms in total. The molecule has 0 spiro atoms. The molecule has 0 saturated heterocycles. The molecule has 0 amide bonds. The topological polar surface area (TPSA) is 20.2 Å². The molecule has 0 aliphatic heterocycles. The fourth-order valence-corrected chi connectivity index (χ4v) is 0.954. The van der Waals surface area contributed by atoms with Gasteiger partial charge in [0.1, 0.15) is 0 Å². The molecule has 0 aliphatic carbocycles. The lowest BCUT2D eigenvalue weighted by atomic mass is 10.2. The average molecular weight is 180 g/mol. The van der Waals surface area contributed by atoms with Gasteiger partial charge in [-0.25, -0.2) is 0 Å². The second kappa shape index (κ2) is 11.2. The van der Waals surface area contributed by atoms with E-state index in [9.17, 15) is 0 Å². The smallest absolute Gasteiger partial charge is 0.0431 e. The fourth-order valence-electron chi connectivity index (χ4n) is 0.954. The number of allylic oxidation sites excluding steroid dienone is 3. The molecular weight excluding hydrogens is 160 g/mol. The third-order valence-corrected chi connectivity index (χ3v) is 1.71. The Hall–Kier alpha value is -0.780. The molecule has 0 aromatic rings. The van der Waals surface area contributed by atoms with E-state index in [0.717, 1.165) is 32.1 Å². The van der Waals surface area contributed by atoms with E-state index in [1.165, 1.54) is 0 Å². The van der Waals surface area contributed by atoms with Gasteiger partial charge in [0, 0.05) is 6.61 Å². The van der Waals surface area contributed by atoms with Crippen LogP contribution in [0.5, 0.6) is 0 Å². The fraction of sp³-hybridized carbons (Fsp3) is 0.583. The molecule has 0 atom stereocenters. The van der Waals surface area contributed by atoms with Crippen LogP contribution < -0.4 is 0 Å². The van der Waals surface area contributed by atoms with Gasteiger partial charge in [0.15, 0.2) is 0 Å². The Morgan fingerprint density at radius 2 is 1.85 bits per heavy atom. The Labute approximate surface area is 81.5 Å². The molecule has 0 unspecified atom stereocenters. The van der Waals surface area contributed by atoms with E-state index >= 15 is 0 Å². The third-order valence-electron chi connectivity index (χ3n) is 1.71. The molecule has 0 heterocycles. The van der Waals surface area contributed by atoms with Crippen LogP contribution in [0.15, 0.2) is 30.0 Å². The van der Waals surface area contributed by atoms with Crippen LogP contribution >= 0.6 is 0 Å². The minimum Gasteiger partial charge on any atom is -0.396 e. The van der Waals surface area contributed by atoms with E-state index in [0.29, 0.717) is 6.61 Å². The summed E-state index contributed by atoms with van der Waals surface area (Å²) in [6, 6.07) is 0. The zero-order chi connectivity index (χ0) is 9.78. The molecule has 0 aromatic heterocycles. The van der Waals surface area contributed by atoms with Gasteiger partial charge < -0.3 is 5.11 Å². The third kappa shape index (κ3) is 11.2. The van der Waals surface area contributed by atoms with E-state index in [4.69, 9.17) is 5.11 Å². The lowest BCUT2D eigenvalue weighted by Crippen LogP contribution is -1.79. The lowest BCUT2D eigenvalue weighted by molar-refractivity contribution is 0.285. The molecule has 0 radical (unpaired) electrons. The molecule has 13 heavy (non-hydrogen) atoms. The SMILES string of the molecule is C/C=C\CCC=C=CCCCCO. The lowest BCUT2D eigenvalue weighted by Gasteiger charge is -1.88. The van der Waals surface area contributed by atoms with E-state index in [2.05, 4.69) is 24.0 Å². The monoisotopic (exact) mass is 180 g/mol. The highest BCUT2D eigenvalue weighted by Crippen LogP contribution is 1.95. The standard InChI is InChI=1S/C12H20O/c1-2-3-4-5-6-7-8-9-10-11-12-13/h2-3,6,8,13H,4-5,9-12H2,1H3/b3-2-. The number of rotatable bonds is 7. The van der Waals surface area contributed by atoms with Crippen LogP contribution in [0.1, 0.15) is 39.0 Å². The van der Waals surface area contributed by atoms with E-state index < -0.39 is 0 Å².